The Morgan fingerprint density at radius 3 is 2.76 bits per heavy atom. The first-order valence-electron chi connectivity index (χ1n) is 8.86. The molecular formula is C17H34N2O2. The fourth-order valence-corrected chi connectivity index (χ4v) is 3.15. The predicted octanol–water partition coefficient (Wildman–Crippen LogP) is 2.96. The topological polar surface area (TPSA) is 41.6 Å². The van der Waals surface area contributed by atoms with Gasteiger partial charge >= 0.3 is 5.97 Å². The molecular weight excluding hydrogens is 264 g/mol. The molecule has 21 heavy (non-hydrogen) atoms. The standard InChI is InChI=1S/C17H34N2O2/c1-4-12-18-16(17(20)21-6-3)11-14-19-13-9-7-8-10-15(19)5-2/h15-16,18H,4-14H2,1-3H3. The average Bonchev–Trinajstić information content (AvgIpc) is 2.72. The zero-order valence-corrected chi connectivity index (χ0v) is 14.2. The van der Waals surface area contributed by atoms with Crippen molar-refractivity contribution < 1.29 is 9.53 Å². The van der Waals surface area contributed by atoms with E-state index in [0.717, 1.165) is 25.9 Å². The third-order valence-corrected chi connectivity index (χ3v) is 4.39. The molecule has 1 aliphatic heterocycles. The second kappa shape index (κ2) is 11.0. The number of carbonyl (C=O) groups excluding carboxylic acids is 1. The third kappa shape index (κ3) is 6.79. The molecule has 2 unspecified atom stereocenters. The Morgan fingerprint density at radius 2 is 2.10 bits per heavy atom. The van der Waals surface area contributed by atoms with E-state index in [1.807, 2.05) is 6.92 Å². The van der Waals surface area contributed by atoms with Crippen molar-refractivity contribution in [3.63, 3.8) is 0 Å². The van der Waals surface area contributed by atoms with E-state index in [4.69, 9.17) is 4.74 Å². The van der Waals surface area contributed by atoms with Crippen LogP contribution in [-0.2, 0) is 9.53 Å². The number of hydrogen-bond acceptors (Lipinski definition) is 4. The van der Waals surface area contributed by atoms with Crippen LogP contribution in [0.2, 0.25) is 0 Å². The monoisotopic (exact) mass is 298 g/mol. The third-order valence-electron chi connectivity index (χ3n) is 4.39. The minimum Gasteiger partial charge on any atom is -0.465 e. The van der Waals surface area contributed by atoms with Crippen molar-refractivity contribution >= 4 is 5.97 Å². The van der Waals surface area contributed by atoms with E-state index in [0.29, 0.717) is 12.6 Å². The summed E-state index contributed by atoms with van der Waals surface area (Å²) in [5, 5.41) is 3.34. The van der Waals surface area contributed by atoms with E-state index in [-0.39, 0.29) is 12.0 Å². The first kappa shape index (κ1) is 18.4. The second-order valence-corrected chi connectivity index (χ2v) is 5.99. The van der Waals surface area contributed by atoms with E-state index < -0.39 is 0 Å². The molecule has 4 nitrogen and oxygen atoms in total. The fourth-order valence-electron chi connectivity index (χ4n) is 3.15. The number of likely N-dealkylation sites (tertiary alicyclic amines) is 1. The van der Waals surface area contributed by atoms with Gasteiger partial charge in [0.1, 0.15) is 6.04 Å². The van der Waals surface area contributed by atoms with E-state index in [9.17, 15) is 4.79 Å². The summed E-state index contributed by atoms with van der Waals surface area (Å²) in [7, 11) is 0. The molecule has 0 aliphatic carbocycles. The van der Waals surface area contributed by atoms with Crippen molar-refractivity contribution in [2.75, 3.05) is 26.2 Å². The molecule has 0 aromatic carbocycles. The summed E-state index contributed by atoms with van der Waals surface area (Å²) in [6.07, 6.45) is 8.41. The molecule has 1 fully saturated rings. The lowest BCUT2D eigenvalue weighted by Gasteiger charge is -2.30. The van der Waals surface area contributed by atoms with Gasteiger partial charge in [-0.1, -0.05) is 26.7 Å². The number of hydrogen-bond donors (Lipinski definition) is 1. The van der Waals surface area contributed by atoms with Crippen molar-refractivity contribution in [3.8, 4) is 0 Å². The fraction of sp³-hybridized carbons (Fsp3) is 0.941. The van der Waals surface area contributed by atoms with Crippen molar-refractivity contribution in [2.45, 2.75) is 77.8 Å². The van der Waals surface area contributed by atoms with Crippen molar-refractivity contribution in [1.82, 2.24) is 10.2 Å². The van der Waals surface area contributed by atoms with Crippen LogP contribution >= 0.6 is 0 Å². The highest BCUT2D eigenvalue weighted by molar-refractivity contribution is 5.75. The molecule has 2 atom stereocenters. The maximum absolute atomic E-state index is 12.0. The van der Waals surface area contributed by atoms with E-state index in [1.165, 1.54) is 38.6 Å². The highest BCUT2D eigenvalue weighted by Gasteiger charge is 2.23. The number of esters is 1. The van der Waals surface area contributed by atoms with E-state index >= 15 is 0 Å². The summed E-state index contributed by atoms with van der Waals surface area (Å²) in [4.78, 5) is 14.6. The minimum atomic E-state index is -0.148. The SMILES string of the molecule is CCCNC(CCN1CCCCCC1CC)C(=O)OCC. The molecule has 124 valence electrons. The molecule has 0 aromatic rings. The smallest absolute Gasteiger partial charge is 0.323 e. The Hall–Kier alpha value is -0.610. The number of carbonyl (C=O) groups is 1. The first-order valence-corrected chi connectivity index (χ1v) is 8.86. The van der Waals surface area contributed by atoms with E-state index in [1.54, 1.807) is 0 Å². The normalized spacial score (nSPS) is 21.8. The summed E-state index contributed by atoms with van der Waals surface area (Å²) < 4.78 is 5.20. The molecule has 4 heteroatoms. The van der Waals surface area contributed by atoms with Gasteiger partial charge in [-0.15, -0.1) is 0 Å². The lowest BCUT2D eigenvalue weighted by Crippen LogP contribution is -2.43. The zero-order chi connectivity index (χ0) is 15.5. The molecule has 0 spiro atoms. The van der Waals surface area contributed by atoms with Crippen LogP contribution in [0.15, 0.2) is 0 Å². The Bertz CT molecular complexity index is 284. The van der Waals surface area contributed by atoms with Crippen LogP contribution in [0.4, 0.5) is 0 Å². The largest absolute Gasteiger partial charge is 0.465 e. The molecule has 0 bridgehead atoms. The molecule has 1 rings (SSSR count). The lowest BCUT2D eigenvalue weighted by atomic mass is 10.1. The molecule has 1 heterocycles. The maximum Gasteiger partial charge on any atom is 0.323 e. The molecule has 0 amide bonds. The lowest BCUT2D eigenvalue weighted by molar-refractivity contribution is -0.146. The molecule has 0 aromatic heterocycles. The molecule has 1 aliphatic rings. The highest BCUT2D eigenvalue weighted by atomic mass is 16.5. The van der Waals surface area contributed by atoms with Gasteiger partial charge in [0.25, 0.3) is 0 Å². The van der Waals surface area contributed by atoms with Gasteiger partial charge in [0.15, 0.2) is 0 Å². The number of ether oxygens (including phenoxy) is 1. The van der Waals surface area contributed by atoms with Crippen molar-refractivity contribution in [2.24, 2.45) is 0 Å². The summed E-state index contributed by atoms with van der Waals surface area (Å²) in [6, 6.07) is 0.548. The Balaban J connectivity index is 2.50. The Morgan fingerprint density at radius 1 is 1.29 bits per heavy atom. The molecule has 0 saturated carbocycles. The van der Waals surface area contributed by atoms with Gasteiger partial charge in [0, 0.05) is 12.6 Å². The summed E-state index contributed by atoms with van der Waals surface area (Å²) in [5.74, 6) is -0.0891. The van der Waals surface area contributed by atoms with Crippen LogP contribution in [0.25, 0.3) is 0 Å². The predicted molar refractivity (Wildman–Crippen MR) is 87.5 cm³/mol. The van der Waals surface area contributed by atoms with Gasteiger partial charge in [-0.2, -0.15) is 0 Å². The van der Waals surface area contributed by atoms with Gasteiger partial charge in [-0.25, -0.2) is 0 Å². The van der Waals surface area contributed by atoms with Crippen LogP contribution in [0.5, 0.6) is 0 Å². The quantitative estimate of drug-likeness (QED) is 0.665. The molecule has 1 N–H and O–H groups in total. The van der Waals surface area contributed by atoms with Crippen LogP contribution < -0.4 is 5.32 Å². The van der Waals surface area contributed by atoms with Crippen LogP contribution in [0, 0.1) is 0 Å². The van der Waals surface area contributed by atoms with Gasteiger partial charge < -0.3 is 15.0 Å². The molecule has 1 saturated heterocycles. The van der Waals surface area contributed by atoms with Crippen LogP contribution in [0.3, 0.4) is 0 Å². The van der Waals surface area contributed by atoms with Crippen molar-refractivity contribution in [1.29, 1.82) is 0 Å². The molecule has 0 radical (unpaired) electrons. The Labute approximate surface area is 130 Å². The van der Waals surface area contributed by atoms with Gasteiger partial charge in [-0.05, 0) is 52.1 Å². The zero-order valence-electron chi connectivity index (χ0n) is 14.2. The summed E-state index contributed by atoms with van der Waals surface area (Å²) >= 11 is 0. The second-order valence-electron chi connectivity index (χ2n) is 5.99. The summed E-state index contributed by atoms with van der Waals surface area (Å²) in [5.41, 5.74) is 0. The van der Waals surface area contributed by atoms with Gasteiger partial charge in [0.2, 0.25) is 0 Å². The summed E-state index contributed by atoms with van der Waals surface area (Å²) in [6.45, 7) is 9.79. The van der Waals surface area contributed by atoms with E-state index in [2.05, 4.69) is 24.1 Å². The minimum absolute atomic E-state index is 0.0891. The van der Waals surface area contributed by atoms with Crippen LogP contribution in [-0.4, -0.2) is 49.2 Å². The van der Waals surface area contributed by atoms with Gasteiger partial charge in [0.05, 0.1) is 6.61 Å². The number of nitrogens with zero attached hydrogens (tertiary/aromatic N) is 1. The Kier molecular flexibility index (Phi) is 9.68. The van der Waals surface area contributed by atoms with Crippen LogP contribution in [0.1, 0.15) is 65.7 Å². The highest BCUT2D eigenvalue weighted by Crippen LogP contribution is 2.19. The first-order chi connectivity index (χ1) is 10.2. The maximum atomic E-state index is 12.0. The van der Waals surface area contributed by atoms with Gasteiger partial charge in [-0.3, -0.25) is 4.79 Å². The van der Waals surface area contributed by atoms with Crippen molar-refractivity contribution in [3.05, 3.63) is 0 Å². The average molecular weight is 298 g/mol. The number of rotatable bonds is 9. The number of nitrogens with one attached hydrogen (secondary N) is 1.